The number of esters is 1. The predicted octanol–water partition coefficient (Wildman–Crippen LogP) is 1.41. The van der Waals surface area contributed by atoms with Gasteiger partial charge in [-0.3, -0.25) is 9.59 Å². The topological polar surface area (TPSA) is 88.3 Å². The smallest absolute Gasteiger partial charge is 0.339 e. The minimum atomic E-state index is -0.539. The number of carbonyl (C=O) groups excluding carboxylic acids is 2. The number of H-pyrrole nitrogens is 1. The van der Waals surface area contributed by atoms with E-state index in [2.05, 4.69) is 15.0 Å². The van der Waals surface area contributed by atoms with Gasteiger partial charge in [-0.15, -0.1) is 0 Å². The summed E-state index contributed by atoms with van der Waals surface area (Å²) in [5.74, 6) is -0.972. The molecule has 0 atom stereocenters. The van der Waals surface area contributed by atoms with Gasteiger partial charge < -0.3 is 15.0 Å². The largest absolute Gasteiger partial charge is 0.465 e. The molecule has 0 saturated carbocycles. The maximum Gasteiger partial charge on any atom is 0.339 e. The maximum absolute atomic E-state index is 12.0. The van der Waals surface area contributed by atoms with Crippen molar-refractivity contribution >= 4 is 17.6 Å². The molecule has 6 nitrogen and oxygen atoms in total. The average molecular weight is 272 g/mol. The molecule has 1 heterocycles. The summed E-state index contributed by atoms with van der Waals surface area (Å²) in [4.78, 5) is 36.9. The van der Waals surface area contributed by atoms with Crippen LogP contribution in [0.25, 0.3) is 0 Å². The number of nitrogens with one attached hydrogen (secondary N) is 2. The van der Waals surface area contributed by atoms with Gasteiger partial charge in [-0.05, 0) is 18.2 Å². The van der Waals surface area contributed by atoms with E-state index in [1.807, 2.05) is 0 Å². The van der Waals surface area contributed by atoms with Crippen LogP contribution in [-0.2, 0) is 4.74 Å². The van der Waals surface area contributed by atoms with Crippen LogP contribution in [0.15, 0.2) is 47.4 Å². The van der Waals surface area contributed by atoms with Gasteiger partial charge in [0, 0.05) is 12.3 Å². The standard InChI is InChI=1S/C14H12N2O4/c1-20-14(19)10-4-2-3-5-11(10)16-13(18)9-6-7-12(17)15-8-9/h2-8H,1H3,(H,15,17)(H,16,18). The molecule has 0 bridgehead atoms. The van der Waals surface area contributed by atoms with E-state index in [0.717, 1.165) is 0 Å². The molecular formula is C14H12N2O4. The van der Waals surface area contributed by atoms with Crippen molar-refractivity contribution in [3.05, 3.63) is 64.1 Å². The van der Waals surface area contributed by atoms with Crippen LogP contribution < -0.4 is 10.9 Å². The van der Waals surface area contributed by atoms with Gasteiger partial charge in [0.2, 0.25) is 5.56 Å². The van der Waals surface area contributed by atoms with Gasteiger partial charge >= 0.3 is 5.97 Å². The number of hydrogen-bond acceptors (Lipinski definition) is 4. The number of methoxy groups -OCH3 is 1. The van der Waals surface area contributed by atoms with Crippen LogP contribution in [0.2, 0.25) is 0 Å². The monoisotopic (exact) mass is 272 g/mol. The van der Waals surface area contributed by atoms with E-state index in [1.54, 1.807) is 24.3 Å². The molecular weight excluding hydrogens is 260 g/mol. The van der Waals surface area contributed by atoms with Crippen LogP contribution in [0.5, 0.6) is 0 Å². The van der Waals surface area contributed by atoms with E-state index in [1.165, 1.54) is 25.4 Å². The van der Waals surface area contributed by atoms with Crippen LogP contribution >= 0.6 is 0 Å². The Kier molecular flexibility index (Phi) is 3.95. The van der Waals surface area contributed by atoms with Gasteiger partial charge in [-0.2, -0.15) is 0 Å². The molecule has 1 aromatic carbocycles. The van der Waals surface area contributed by atoms with E-state index < -0.39 is 11.9 Å². The number of aromatic amines is 1. The maximum atomic E-state index is 12.0. The van der Waals surface area contributed by atoms with Gasteiger partial charge in [-0.25, -0.2) is 4.79 Å². The minimum absolute atomic E-state index is 0.257. The summed E-state index contributed by atoms with van der Waals surface area (Å²) in [5, 5.41) is 2.60. The Morgan fingerprint density at radius 2 is 1.90 bits per heavy atom. The molecule has 2 rings (SSSR count). The molecule has 0 spiro atoms. The summed E-state index contributed by atoms with van der Waals surface area (Å²) in [6.07, 6.45) is 1.30. The van der Waals surface area contributed by atoms with Crippen LogP contribution in [0.1, 0.15) is 20.7 Å². The van der Waals surface area contributed by atoms with Crippen molar-refractivity contribution < 1.29 is 14.3 Å². The Bertz CT molecular complexity index is 686. The average Bonchev–Trinajstić information content (AvgIpc) is 2.47. The van der Waals surface area contributed by atoms with Gasteiger partial charge in [0.05, 0.1) is 23.9 Å². The third kappa shape index (κ3) is 2.92. The Morgan fingerprint density at radius 1 is 1.15 bits per heavy atom. The Morgan fingerprint density at radius 3 is 2.55 bits per heavy atom. The SMILES string of the molecule is COC(=O)c1ccccc1NC(=O)c1ccc(=O)[nH]c1. The Labute approximate surface area is 114 Å². The lowest BCUT2D eigenvalue weighted by atomic mass is 10.1. The molecule has 0 fully saturated rings. The highest BCUT2D eigenvalue weighted by Crippen LogP contribution is 2.16. The quantitative estimate of drug-likeness (QED) is 0.827. The molecule has 2 N–H and O–H groups in total. The number of aromatic nitrogens is 1. The number of carbonyl (C=O) groups is 2. The van der Waals surface area contributed by atoms with Crippen molar-refractivity contribution in [3.8, 4) is 0 Å². The molecule has 0 saturated heterocycles. The molecule has 20 heavy (non-hydrogen) atoms. The molecule has 0 unspecified atom stereocenters. The van der Waals surface area contributed by atoms with Crippen molar-refractivity contribution in [3.63, 3.8) is 0 Å². The summed E-state index contributed by atoms with van der Waals surface area (Å²) in [6, 6.07) is 9.15. The number of hydrogen-bond donors (Lipinski definition) is 2. The van der Waals surface area contributed by atoms with E-state index in [4.69, 9.17) is 0 Å². The first-order valence-electron chi connectivity index (χ1n) is 5.79. The molecule has 102 valence electrons. The van der Waals surface area contributed by atoms with E-state index in [0.29, 0.717) is 5.69 Å². The van der Waals surface area contributed by atoms with E-state index in [-0.39, 0.29) is 16.7 Å². The van der Waals surface area contributed by atoms with E-state index >= 15 is 0 Å². The number of pyridine rings is 1. The molecule has 0 aliphatic carbocycles. The van der Waals surface area contributed by atoms with Gasteiger partial charge in [0.1, 0.15) is 0 Å². The van der Waals surface area contributed by atoms with Crippen LogP contribution in [-0.4, -0.2) is 24.0 Å². The first-order chi connectivity index (χ1) is 9.61. The fourth-order valence-corrected chi connectivity index (χ4v) is 1.63. The lowest BCUT2D eigenvalue weighted by Crippen LogP contribution is -2.17. The highest BCUT2D eigenvalue weighted by atomic mass is 16.5. The summed E-state index contributed by atoms with van der Waals surface area (Å²) in [6.45, 7) is 0. The second-order valence-electron chi connectivity index (χ2n) is 3.93. The Balaban J connectivity index is 2.26. The fraction of sp³-hybridized carbons (Fsp3) is 0.0714. The highest BCUT2D eigenvalue weighted by Gasteiger charge is 2.14. The van der Waals surface area contributed by atoms with Gasteiger partial charge in [0.15, 0.2) is 0 Å². The lowest BCUT2D eigenvalue weighted by Gasteiger charge is -2.09. The zero-order valence-corrected chi connectivity index (χ0v) is 10.7. The predicted molar refractivity (Wildman–Crippen MR) is 72.8 cm³/mol. The van der Waals surface area contributed by atoms with Crippen LogP contribution in [0, 0.1) is 0 Å². The summed E-state index contributed by atoms with van der Waals surface area (Å²) in [5.41, 5.74) is 0.587. The second-order valence-corrected chi connectivity index (χ2v) is 3.93. The third-order valence-electron chi connectivity index (χ3n) is 2.63. The zero-order chi connectivity index (χ0) is 14.5. The lowest BCUT2D eigenvalue weighted by molar-refractivity contribution is 0.0602. The van der Waals surface area contributed by atoms with Gasteiger partial charge in [0.25, 0.3) is 5.91 Å². The normalized spacial score (nSPS) is 9.85. The first-order valence-corrected chi connectivity index (χ1v) is 5.79. The fourth-order valence-electron chi connectivity index (χ4n) is 1.63. The number of amides is 1. The second kappa shape index (κ2) is 5.83. The van der Waals surface area contributed by atoms with Gasteiger partial charge in [-0.1, -0.05) is 12.1 Å². The molecule has 0 aliphatic rings. The third-order valence-corrected chi connectivity index (χ3v) is 2.63. The van der Waals surface area contributed by atoms with Crippen molar-refractivity contribution in [1.82, 2.24) is 4.98 Å². The number of rotatable bonds is 3. The number of para-hydroxylation sites is 1. The minimum Gasteiger partial charge on any atom is -0.465 e. The van der Waals surface area contributed by atoms with Crippen LogP contribution in [0.3, 0.4) is 0 Å². The molecule has 1 amide bonds. The summed E-state index contributed by atoms with van der Waals surface area (Å²) >= 11 is 0. The first kappa shape index (κ1) is 13.5. The number of benzene rings is 1. The van der Waals surface area contributed by atoms with Crippen molar-refractivity contribution in [2.45, 2.75) is 0 Å². The van der Waals surface area contributed by atoms with Crippen molar-refractivity contribution in [1.29, 1.82) is 0 Å². The zero-order valence-electron chi connectivity index (χ0n) is 10.7. The van der Waals surface area contributed by atoms with Crippen molar-refractivity contribution in [2.24, 2.45) is 0 Å². The molecule has 6 heteroatoms. The molecule has 2 aromatic rings. The summed E-state index contributed by atoms with van der Waals surface area (Å²) in [7, 11) is 1.27. The van der Waals surface area contributed by atoms with E-state index in [9.17, 15) is 14.4 Å². The Hall–Kier alpha value is -2.89. The highest BCUT2D eigenvalue weighted by molar-refractivity contribution is 6.07. The summed E-state index contributed by atoms with van der Waals surface area (Å²) < 4.78 is 4.64. The molecule has 0 radical (unpaired) electrons. The molecule has 0 aliphatic heterocycles. The molecule has 1 aromatic heterocycles. The number of ether oxygens (including phenoxy) is 1. The van der Waals surface area contributed by atoms with Crippen LogP contribution in [0.4, 0.5) is 5.69 Å². The number of anilines is 1. The van der Waals surface area contributed by atoms with Crippen molar-refractivity contribution in [2.75, 3.05) is 12.4 Å².